The van der Waals surface area contributed by atoms with Gasteiger partial charge in [-0.05, 0) is 20.8 Å². The van der Waals surface area contributed by atoms with Crippen LogP contribution in [-0.4, -0.2) is 72.4 Å². The van der Waals surface area contributed by atoms with Crippen LogP contribution >= 0.6 is 15.2 Å². The Morgan fingerprint density at radius 1 is 0.857 bits per heavy atom. The maximum atomic E-state index is 13.3. The van der Waals surface area contributed by atoms with Crippen LogP contribution in [0.15, 0.2) is 0 Å². The lowest BCUT2D eigenvalue weighted by Gasteiger charge is -2.31. The maximum Gasteiger partial charge on any atom is 0.345 e. The van der Waals surface area contributed by atoms with Crippen LogP contribution < -0.4 is 0 Å². The highest BCUT2D eigenvalue weighted by Gasteiger charge is 2.52. The van der Waals surface area contributed by atoms with Gasteiger partial charge in [0.05, 0.1) is 26.4 Å². The molecule has 12 nitrogen and oxygen atoms in total. The molecule has 0 aromatic heterocycles. The summed E-state index contributed by atoms with van der Waals surface area (Å²) in [5, 5.41) is -1.45. The Labute approximate surface area is 164 Å². The summed E-state index contributed by atoms with van der Waals surface area (Å²) >= 11 is 0. The molecule has 16 heteroatoms. The van der Waals surface area contributed by atoms with Crippen LogP contribution in [0.4, 0.5) is 0 Å². The van der Waals surface area contributed by atoms with Crippen LogP contribution in [0.2, 0.25) is 0 Å². The van der Waals surface area contributed by atoms with Gasteiger partial charge in [-0.1, -0.05) is 0 Å². The predicted octanol–water partition coefficient (Wildman–Crippen LogP) is 1.28. The lowest BCUT2D eigenvalue weighted by Crippen LogP contribution is -2.24. The normalized spacial score (nSPS) is 31.8. The third-order valence-electron chi connectivity index (χ3n) is 3.77. The zero-order valence-electron chi connectivity index (χ0n) is 15.6. The second-order valence-corrected chi connectivity index (χ2v) is 14.4. The molecule has 0 amide bonds. The van der Waals surface area contributed by atoms with Gasteiger partial charge >= 0.3 is 15.2 Å². The highest BCUT2D eigenvalue weighted by Crippen LogP contribution is 2.71. The first-order valence-electron chi connectivity index (χ1n) is 8.44. The van der Waals surface area contributed by atoms with E-state index in [-0.39, 0.29) is 26.4 Å². The van der Waals surface area contributed by atoms with Gasteiger partial charge in [0.25, 0.3) is 20.2 Å². The molecule has 2 heterocycles. The van der Waals surface area contributed by atoms with Crippen LogP contribution in [0.1, 0.15) is 20.8 Å². The van der Waals surface area contributed by atoms with Crippen molar-refractivity contribution < 1.29 is 52.4 Å². The first-order valence-corrected chi connectivity index (χ1v) is 14.8. The average Bonchev–Trinajstić information content (AvgIpc) is 3.07. The fourth-order valence-electron chi connectivity index (χ4n) is 2.53. The van der Waals surface area contributed by atoms with Gasteiger partial charge in [-0.3, -0.25) is 17.5 Å². The van der Waals surface area contributed by atoms with Crippen molar-refractivity contribution in [1.82, 2.24) is 0 Å². The molecule has 0 aliphatic carbocycles. The second-order valence-electron chi connectivity index (χ2n) is 6.02. The van der Waals surface area contributed by atoms with Crippen molar-refractivity contribution in [2.24, 2.45) is 0 Å². The lowest BCUT2D eigenvalue weighted by atomic mass is 10.5. The zero-order chi connectivity index (χ0) is 21.2. The smallest absolute Gasteiger partial charge is 0.308 e. The summed E-state index contributed by atoms with van der Waals surface area (Å²) in [6, 6.07) is 0. The summed E-state index contributed by atoms with van der Waals surface area (Å²) in [5.74, 6) is -1.07. The van der Waals surface area contributed by atoms with Crippen molar-refractivity contribution in [3.05, 3.63) is 0 Å². The molecule has 2 aliphatic heterocycles. The predicted molar refractivity (Wildman–Crippen MR) is 97.2 cm³/mol. The van der Waals surface area contributed by atoms with E-state index in [1.807, 2.05) is 0 Å². The fourth-order valence-corrected chi connectivity index (χ4v) is 9.72. The molecule has 28 heavy (non-hydrogen) atoms. The summed E-state index contributed by atoms with van der Waals surface area (Å²) in [4.78, 5) is 0. The minimum Gasteiger partial charge on any atom is -0.308 e. The summed E-state index contributed by atoms with van der Waals surface area (Å²) in [6.07, 6.45) is -2.18. The van der Waals surface area contributed by atoms with Crippen molar-refractivity contribution >= 4 is 35.4 Å². The monoisotopic (exact) mass is 486 g/mol. The van der Waals surface area contributed by atoms with Gasteiger partial charge < -0.3 is 18.1 Å². The van der Waals surface area contributed by atoms with Crippen LogP contribution in [0.25, 0.3) is 0 Å². The molecular formula is C12H24O12P2S2. The van der Waals surface area contributed by atoms with Crippen LogP contribution in [-0.2, 0) is 55.8 Å². The van der Waals surface area contributed by atoms with E-state index in [0.717, 1.165) is 0 Å². The molecule has 0 N–H and O–H groups in total. The van der Waals surface area contributed by atoms with Gasteiger partial charge in [-0.15, -0.1) is 0 Å². The largest absolute Gasteiger partial charge is 0.345 e. The minimum atomic E-state index is -4.20. The van der Waals surface area contributed by atoms with E-state index in [4.69, 9.17) is 18.1 Å². The number of hydrogen-bond donors (Lipinski definition) is 0. The van der Waals surface area contributed by atoms with E-state index < -0.39 is 64.5 Å². The van der Waals surface area contributed by atoms with Gasteiger partial charge in [0.15, 0.2) is 5.40 Å². The van der Waals surface area contributed by atoms with Gasteiger partial charge in [-0.2, -0.15) is 16.8 Å². The molecule has 2 aliphatic rings. The molecule has 0 bridgehead atoms. The molecule has 2 saturated heterocycles. The van der Waals surface area contributed by atoms with E-state index in [2.05, 4.69) is 8.37 Å². The Morgan fingerprint density at radius 3 is 1.46 bits per heavy atom. The lowest BCUT2D eigenvalue weighted by molar-refractivity contribution is 0.124. The average molecular weight is 486 g/mol. The van der Waals surface area contributed by atoms with E-state index in [0.29, 0.717) is 0 Å². The molecule has 0 aromatic carbocycles. The third kappa shape index (κ3) is 6.07. The summed E-state index contributed by atoms with van der Waals surface area (Å²) in [6.45, 7) is 3.40. The van der Waals surface area contributed by atoms with Gasteiger partial charge in [-0.25, -0.2) is 0 Å². The third-order valence-corrected chi connectivity index (χ3v) is 12.3. The van der Waals surface area contributed by atoms with E-state index >= 15 is 0 Å². The molecule has 4 atom stereocenters. The molecule has 0 spiro atoms. The Balaban J connectivity index is 2.24. The SMILES string of the molecule is CCOP(=O)(OC1COS(=O)(=O)C1)C(C)P(=O)(OCC)OC1COS(=O)(=O)C1. The molecule has 0 saturated carbocycles. The number of rotatable bonds is 10. The topological polar surface area (TPSA) is 158 Å². The van der Waals surface area contributed by atoms with Crippen LogP contribution in [0.3, 0.4) is 0 Å². The minimum absolute atomic E-state index is 0.0883. The molecule has 0 radical (unpaired) electrons. The van der Waals surface area contributed by atoms with Gasteiger partial charge in [0.2, 0.25) is 0 Å². The highest BCUT2D eigenvalue weighted by molar-refractivity contribution is 7.87. The molecular weight excluding hydrogens is 462 g/mol. The van der Waals surface area contributed by atoms with Crippen molar-refractivity contribution in [3.8, 4) is 0 Å². The van der Waals surface area contributed by atoms with Gasteiger partial charge in [0.1, 0.15) is 23.7 Å². The fraction of sp³-hybridized carbons (Fsp3) is 1.00. The maximum absolute atomic E-state index is 13.3. The van der Waals surface area contributed by atoms with Crippen molar-refractivity contribution in [2.45, 2.75) is 38.4 Å². The molecule has 166 valence electrons. The Kier molecular flexibility index (Phi) is 7.92. The standard InChI is InChI=1S/C12H24O12P2S2/c1-4-19-25(13,23-11-6-21-27(15,16)8-11)10(3)26(14,20-5-2)24-12-7-22-28(17,18)9-12/h10-12H,4-9H2,1-3H3. The van der Waals surface area contributed by atoms with E-state index in [1.54, 1.807) is 0 Å². The van der Waals surface area contributed by atoms with Crippen LogP contribution in [0, 0.1) is 0 Å². The Hall–Kier alpha value is 0.120. The first kappa shape index (κ1) is 24.4. The number of hydrogen-bond acceptors (Lipinski definition) is 12. The quantitative estimate of drug-likeness (QED) is 0.322. The van der Waals surface area contributed by atoms with Crippen molar-refractivity contribution in [3.63, 3.8) is 0 Å². The highest BCUT2D eigenvalue weighted by atomic mass is 32.2. The first-order chi connectivity index (χ1) is 12.8. The van der Waals surface area contributed by atoms with E-state index in [1.165, 1.54) is 20.8 Å². The molecule has 4 unspecified atom stereocenters. The summed E-state index contributed by atoms with van der Waals surface area (Å²) in [5.41, 5.74) is 0. The Bertz CT molecular complexity index is 784. The molecule has 0 aromatic rings. The van der Waals surface area contributed by atoms with Gasteiger partial charge in [0, 0.05) is 0 Å². The molecule has 2 rings (SSSR count). The molecule has 2 fully saturated rings. The van der Waals surface area contributed by atoms with Crippen molar-refractivity contribution in [2.75, 3.05) is 37.9 Å². The second kappa shape index (κ2) is 9.09. The summed E-state index contributed by atoms with van der Waals surface area (Å²) in [7, 11) is -16.0. The summed E-state index contributed by atoms with van der Waals surface area (Å²) < 4.78 is 103. The van der Waals surface area contributed by atoms with E-state index in [9.17, 15) is 26.0 Å². The Morgan fingerprint density at radius 2 is 1.21 bits per heavy atom. The zero-order valence-corrected chi connectivity index (χ0v) is 19.0. The van der Waals surface area contributed by atoms with Crippen molar-refractivity contribution in [1.29, 1.82) is 0 Å². The van der Waals surface area contributed by atoms with Crippen LogP contribution in [0.5, 0.6) is 0 Å².